The molecule has 0 spiro atoms. The summed E-state index contributed by atoms with van der Waals surface area (Å²) in [6, 6.07) is 9.11. The molecular weight excluding hydrogens is 328 g/mol. The minimum Gasteiger partial charge on any atom is -0.378 e. The SMILES string of the molecule is Cc1cc(C(=O)NCc2ccccc2Cl)nc(N2CCOCC2)n1. The van der Waals surface area contributed by atoms with E-state index in [1.165, 1.54) is 0 Å². The van der Waals surface area contributed by atoms with Crippen LogP contribution in [0.1, 0.15) is 21.7 Å². The molecule has 2 heterocycles. The Morgan fingerprint density at radius 1 is 1.29 bits per heavy atom. The normalized spacial score (nSPS) is 14.5. The number of halogens is 1. The fourth-order valence-corrected chi connectivity index (χ4v) is 2.68. The molecule has 1 aliphatic rings. The topological polar surface area (TPSA) is 67.4 Å². The second-order valence-corrected chi connectivity index (χ2v) is 5.98. The smallest absolute Gasteiger partial charge is 0.270 e. The zero-order chi connectivity index (χ0) is 16.9. The van der Waals surface area contributed by atoms with Crippen LogP contribution in [-0.4, -0.2) is 42.2 Å². The maximum absolute atomic E-state index is 12.4. The largest absolute Gasteiger partial charge is 0.378 e. The number of hydrogen-bond donors (Lipinski definition) is 1. The van der Waals surface area contributed by atoms with E-state index in [-0.39, 0.29) is 5.91 Å². The van der Waals surface area contributed by atoms with Crippen molar-refractivity contribution in [3.8, 4) is 0 Å². The number of benzene rings is 1. The molecule has 1 N–H and O–H groups in total. The van der Waals surface area contributed by atoms with E-state index in [9.17, 15) is 4.79 Å². The molecule has 24 heavy (non-hydrogen) atoms. The number of ether oxygens (including phenoxy) is 1. The highest BCUT2D eigenvalue weighted by Gasteiger charge is 2.17. The number of hydrogen-bond acceptors (Lipinski definition) is 5. The van der Waals surface area contributed by atoms with E-state index >= 15 is 0 Å². The number of carbonyl (C=O) groups is 1. The molecular formula is C17H19ClN4O2. The summed E-state index contributed by atoms with van der Waals surface area (Å²) in [6.07, 6.45) is 0. The van der Waals surface area contributed by atoms with Gasteiger partial charge in [-0.05, 0) is 24.6 Å². The third kappa shape index (κ3) is 4.01. The van der Waals surface area contributed by atoms with E-state index in [0.29, 0.717) is 36.4 Å². The lowest BCUT2D eigenvalue weighted by Gasteiger charge is -2.27. The molecule has 126 valence electrons. The standard InChI is InChI=1S/C17H19ClN4O2/c1-12-10-15(21-17(20-12)22-6-8-24-9-7-22)16(23)19-11-13-4-2-3-5-14(13)18/h2-5,10H,6-9,11H2,1H3,(H,19,23). The van der Waals surface area contributed by atoms with Crippen LogP contribution in [-0.2, 0) is 11.3 Å². The molecule has 6 nitrogen and oxygen atoms in total. The van der Waals surface area contributed by atoms with Crippen molar-refractivity contribution in [2.24, 2.45) is 0 Å². The van der Waals surface area contributed by atoms with E-state index in [2.05, 4.69) is 15.3 Å². The van der Waals surface area contributed by atoms with Crippen molar-refractivity contribution in [3.63, 3.8) is 0 Å². The summed E-state index contributed by atoms with van der Waals surface area (Å²) in [5.74, 6) is 0.330. The number of aromatic nitrogens is 2. The Hall–Kier alpha value is -2.18. The summed E-state index contributed by atoms with van der Waals surface area (Å²) in [7, 11) is 0. The number of amides is 1. The molecule has 3 rings (SSSR count). The van der Waals surface area contributed by atoms with Crippen LogP contribution in [0.2, 0.25) is 5.02 Å². The van der Waals surface area contributed by atoms with Crippen LogP contribution >= 0.6 is 11.6 Å². The quantitative estimate of drug-likeness (QED) is 0.919. The van der Waals surface area contributed by atoms with Crippen LogP contribution in [0.4, 0.5) is 5.95 Å². The third-order valence-electron chi connectivity index (χ3n) is 3.77. The number of nitrogens with zero attached hydrogens (tertiary/aromatic N) is 3. The van der Waals surface area contributed by atoms with Crippen molar-refractivity contribution >= 4 is 23.5 Å². The fraction of sp³-hybridized carbons (Fsp3) is 0.353. The lowest BCUT2D eigenvalue weighted by atomic mass is 10.2. The van der Waals surface area contributed by atoms with Gasteiger partial charge < -0.3 is 15.0 Å². The highest BCUT2D eigenvalue weighted by molar-refractivity contribution is 6.31. The first kappa shape index (κ1) is 16.7. The zero-order valence-corrected chi connectivity index (χ0v) is 14.2. The summed E-state index contributed by atoms with van der Waals surface area (Å²) in [5, 5.41) is 3.49. The molecule has 0 unspecified atom stereocenters. The Morgan fingerprint density at radius 3 is 2.79 bits per heavy atom. The highest BCUT2D eigenvalue weighted by atomic mass is 35.5. The second kappa shape index (κ2) is 7.59. The molecule has 1 saturated heterocycles. The Balaban J connectivity index is 1.72. The zero-order valence-electron chi connectivity index (χ0n) is 13.5. The van der Waals surface area contributed by atoms with Gasteiger partial charge in [-0.15, -0.1) is 0 Å². The summed E-state index contributed by atoms with van der Waals surface area (Å²) < 4.78 is 5.34. The van der Waals surface area contributed by atoms with Gasteiger partial charge in [-0.1, -0.05) is 29.8 Å². The monoisotopic (exact) mass is 346 g/mol. The Kier molecular flexibility index (Phi) is 5.27. The van der Waals surface area contributed by atoms with Gasteiger partial charge >= 0.3 is 0 Å². The van der Waals surface area contributed by atoms with E-state index < -0.39 is 0 Å². The molecule has 0 radical (unpaired) electrons. The predicted molar refractivity (Wildman–Crippen MR) is 92.4 cm³/mol. The summed E-state index contributed by atoms with van der Waals surface area (Å²) >= 11 is 6.11. The third-order valence-corrected chi connectivity index (χ3v) is 4.13. The van der Waals surface area contributed by atoms with Crippen molar-refractivity contribution in [3.05, 3.63) is 52.3 Å². The maximum Gasteiger partial charge on any atom is 0.270 e. The van der Waals surface area contributed by atoms with Gasteiger partial charge in [0.1, 0.15) is 5.69 Å². The van der Waals surface area contributed by atoms with Crippen LogP contribution < -0.4 is 10.2 Å². The number of nitrogens with one attached hydrogen (secondary N) is 1. The highest BCUT2D eigenvalue weighted by Crippen LogP contribution is 2.15. The lowest BCUT2D eigenvalue weighted by molar-refractivity contribution is 0.0945. The number of anilines is 1. The average Bonchev–Trinajstić information content (AvgIpc) is 2.61. The Labute approximate surface area is 145 Å². The minimum atomic E-state index is -0.241. The molecule has 1 aromatic heterocycles. The number of aryl methyl sites for hydroxylation is 1. The van der Waals surface area contributed by atoms with E-state index in [1.54, 1.807) is 12.1 Å². The summed E-state index contributed by atoms with van der Waals surface area (Å²) in [6.45, 7) is 4.95. The first-order chi connectivity index (χ1) is 11.6. The lowest BCUT2D eigenvalue weighted by Crippen LogP contribution is -2.38. The molecule has 1 fully saturated rings. The van der Waals surface area contributed by atoms with Crippen molar-refractivity contribution < 1.29 is 9.53 Å². The second-order valence-electron chi connectivity index (χ2n) is 5.57. The molecule has 0 bridgehead atoms. The molecule has 1 aromatic carbocycles. The first-order valence-electron chi connectivity index (χ1n) is 7.83. The molecule has 2 aromatic rings. The molecule has 1 aliphatic heterocycles. The summed E-state index contributed by atoms with van der Waals surface area (Å²) in [4.78, 5) is 23.3. The van der Waals surface area contributed by atoms with Crippen LogP contribution in [0.5, 0.6) is 0 Å². The van der Waals surface area contributed by atoms with Gasteiger partial charge in [-0.2, -0.15) is 0 Å². The predicted octanol–water partition coefficient (Wildman–Crippen LogP) is 2.21. The van der Waals surface area contributed by atoms with Gasteiger partial charge in [0.15, 0.2) is 0 Å². The molecule has 7 heteroatoms. The van der Waals surface area contributed by atoms with Crippen LogP contribution in [0.3, 0.4) is 0 Å². The van der Waals surface area contributed by atoms with Crippen molar-refractivity contribution in [2.45, 2.75) is 13.5 Å². The van der Waals surface area contributed by atoms with E-state index in [0.717, 1.165) is 24.3 Å². The van der Waals surface area contributed by atoms with Gasteiger partial charge in [-0.3, -0.25) is 4.79 Å². The Morgan fingerprint density at radius 2 is 2.04 bits per heavy atom. The number of morpholine rings is 1. The first-order valence-corrected chi connectivity index (χ1v) is 8.21. The van der Waals surface area contributed by atoms with Gasteiger partial charge in [0, 0.05) is 30.4 Å². The van der Waals surface area contributed by atoms with Gasteiger partial charge in [-0.25, -0.2) is 9.97 Å². The fourth-order valence-electron chi connectivity index (χ4n) is 2.48. The molecule has 0 saturated carbocycles. The van der Waals surface area contributed by atoms with Crippen molar-refractivity contribution in [1.29, 1.82) is 0 Å². The van der Waals surface area contributed by atoms with E-state index in [4.69, 9.17) is 16.3 Å². The average molecular weight is 347 g/mol. The van der Waals surface area contributed by atoms with Crippen molar-refractivity contribution in [2.75, 3.05) is 31.2 Å². The summed E-state index contributed by atoms with van der Waals surface area (Å²) in [5.41, 5.74) is 1.98. The molecule has 0 aliphatic carbocycles. The molecule has 0 atom stereocenters. The minimum absolute atomic E-state index is 0.241. The van der Waals surface area contributed by atoms with Crippen molar-refractivity contribution in [1.82, 2.24) is 15.3 Å². The number of rotatable bonds is 4. The van der Waals surface area contributed by atoms with Crippen LogP contribution in [0.15, 0.2) is 30.3 Å². The Bertz CT molecular complexity index is 732. The van der Waals surface area contributed by atoms with Gasteiger partial charge in [0.25, 0.3) is 5.91 Å². The molecule has 1 amide bonds. The van der Waals surface area contributed by atoms with Crippen LogP contribution in [0.25, 0.3) is 0 Å². The van der Waals surface area contributed by atoms with Gasteiger partial charge in [0.2, 0.25) is 5.95 Å². The van der Waals surface area contributed by atoms with Crippen LogP contribution in [0, 0.1) is 6.92 Å². The van der Waals surface area contributed by atoms with E-state index in [1.807, 2.05) is 30.0 Å². The maximum atomic E-state index is 12.4. The number of carbonyl (C=O) groups excluding carboxylic acids is 1. The van der Waals surface area contributed by atoms with Gasteiger partial charge in [0.05, 0.1) is 13.2 Å².